The molecule has 0 saturated heterocycles. The van der Waals surface area contributed by atoms with E-state index in [1.807, 2.05) is 0 Å². The Balaban J connectivity index is 2.80. The number of Topliss-reactive ketones (excluding diaryl/α,β-unsaturated/α-hetero) is 1. The number of unbranched alkanes of at least 4 members (excludes halogenated alkanes) is 6. The molecule has 0 saturated carbocycles. The van der Waals surface area contributed by atoms with Crippen molar-refractivity contribution in [1.29, 1.82) is 0 Å². The number of ether oxygens (including phenoxy) is 1. The predicted octanol–water partition coefficient (Wildman–Crippen LogP) is 5.70. The highest BCUT2D eigenvalue weighted by Crippen LogP contribution is 2.42. The summed E-state index contributed by atoms with van der Waals surface area (Å²) in [5, 5.41) is 2.30. The molecule has 0 aliphatic heterocycles. The van der Waals surface area contributed by atoms with Gasteiger partial charge in [0, 0.05) is 19.1 Å². The maximum absolute atomic E-state index is 14.0. The van der Waals surface area contributed by atoms with E-state index in [0.29, 0.717) is 6.42 Å². The molecule has 1 N–H and O–H groups in total. The van der Waals surface area contributed by atoms with Crippen molar-refractivity contribution in [3.8, 4) is 0 Å². The number of halogens is 3. The molecule has 1 aromatic carbocycles. The summed E-state index contributed by atoms with van der Waals surface area (Å²) in [6, 6.07) is 5.78. The van der Waals surface area contributed by atoms with Crippen LogP contribution in [0.5, 0.6) is 0 Å². The van der Waals surface area contributed by atoms with Gasteiger partial charge in [0.05, 0.1) is 6.04 Å². The Kier molecular flexibility index (Phi) is 11.1. The highest BCUT2D eigenvalue weighted by molar-refractivity contribution is 5.93. The summed E-state index contributed by atoms with van der Waals surface area (Å²) in [6.07, 6.45) is 2.73. The largest absolute Gasteiger partial charge is 0.430 e. The van der Waals surface area contributed by atoms with Gasteiger partial charge in [0.1, 0.15) is 0 Å². The van der Waals surface area contributed by atoms with E-state index in [4.69, 9.17) is 4.74 Å². The second-order valence-corrected chi connectivity index (χ2v) is 7.52. The Bertz CT molecular complexity index is 649. The van der Waals surface area contributed by atoms with Crippen LogP contribution < -0.4 is 5.32 Å². The second-order valence-electron chi connectivity index (χ2n) is 7.52. The van der Waals surface area contributed by atoms with E-state index in [9.17, 15) is 22.8 Å². The monoisotopic (exact) mass is 429 g/mol. The molecule has 0 spiro atoms. The number of rotatable bonds is 14. The van der Waals surface area contributed by atoms with Crippen molar-refractivity contribution < 1.29 is 27.5 Å². The van der Waals surface area contributed by atoms with E-state index < -0.39 is 23.7 Å². The van der Waals surface area contributed by atoms with Gasteiger partial charge in [-0.25, -0.2) is 0 Å². The zero-order valence-corrected chi connectivity index (χ0v) is 18.2. The molecular formula is C23H34F3NO3. The molecule has 1 amide bonds. The average Bonchev–Trinajstić information content (AvgIpc) is 2.71. The van der Waals surface area contributed by atoms with Gasteiger partial charge in [0.15, 0.2) is 5.78 Å². The van der Waals surface area contributed by atoms with E-state index in [2.05, 4.69) is 12.2 Å². The summed E-state index contributed by atoms with van der Waals surface area (Å²) in [6.45, 7) is 3.81. The Morgan fingerprint density at radius 2 is 1.53 bits per heavy atom. The molecule has 0 bridgehead atoms. The normalized spacial score (nSPS) is 14.7. The van der Waals surface area contributed by atoms with Crippen LogP contribution in [0.1, 0.15) is 77.2 Å². The fourth-order valence-corrected chi connectivity index (χ4v) is 3.52. The molecule has 0 aliphatic carbocycles. The maximum atomic E-state index is 14.0. The van der Waals surface area contributed by atoms with Gasteiger partial charge in [-0.05, 0) is 12.8 Å². The van der Waals surface area contributed by atoms with Gasteiger partial charge in [-0.3, -0.25) is 9.59 Å². The third-order valence-corrected chi connectivity index (χ3v) is 5.33. The molecule has 1 rings (SSSR count). The zero-order chi connectivity index (χ0) is 22.6. The van der Waals surface area contributed by atoms with Gasteiger partial charge in [-0.15, -0.1) is 0 Å². The van der Waals surface area contributed by atoms with Gasteiger partial charge in [0.25, 0.3) is 11.5 Å². The van der Waals surface area contributed by atoms with Gasteiger partial charge in [-0.2, -0.15) is 13.2 Å². The van der Waals surface area contributed by atoms with Crippen LogP contribution in [0.3, 0.4) is 0 Å². The van der Waals surface area contributed by atoms with Crippen LogP contribution in [0, 0.1) is 0 Å². The number of nitrogens with one attached hydrogen (secondary N) is 1. The lowest BCUT2D eigenvalue weighted by Crippen LogP contribution is -2.58. The smallest absolute Gasteiger partial charge is 0.356 e. The Hall–Kier alpha value is -1.89. The summed E-state index contributed by atoms with van der Waals surface area (Å²) in [5.41, 5.74) is -3.49. The number of hydrogen-bond acceptors (Lipinski definition) is 3. The van der Waals surface area contributed by atoms with Crippen molar-refractivity contribution in [3.63, 3.8) is 0 Å². The van der Waals surface area contributed by atoms with E-state index in [1.54, 1.807) is 13.0 Å². The molecule has 4 nitrogen and oxygen atoms in total. The third kappa shape index (κ3) is 6.83. The van der Waals surface area contributed by atoms with Crippen LogP contribution in [0.2, 0.25) is 0 Å². The molecule has 0 radical (unpaired) electrons. The molecule has 0 heterocycles. The van der Waals surface area contributed by atoms with Crippen LogP contribution >= 0.6 is 0 Å². The van der Waals surface area contributed by atoms with Crippen LogP contribution in [0.25, 0.3) is 0 Å². The van der Waals surface area contributed by atoms with E-state index >= 15 is 0 Å². The number of benzene rings is 1. The van der Waals surface area contributed by atoms with Crippen molar-refractivity contribution >= 4 is 11.7 Å². The Morgan fingerprint density at radius 3 is 2.03 bits per heavy atom. The highest BCUT2D eigenvalue weighted by atomic mass is 19.4. The topological polar surface area (TPSA) is 55.4 Å². The third-order valence-electron chi connectivity index (χ3n) is 5.33. The standard InChI is InChI=1S/C23H34F3NO3/c1-4-6-7-8-9-10-14-17-20(28)19(5-2)27-21(29)22(30-3,23(24,25)26)18-15-12-11-13-16-18/h11-13,15-16,19H,4-10,14,17H2,1-3H3,(H,27,29)/t19?,22-/m1/s1. The minimum absolute atomic E-state index is 0.216. The fourth-order valence-electron chi connectivity index (χ4n) is 3.52. The van der Waals surface area contributed by atoms with E-state index in [-0.39, 0.29) is 24.2 Å². The van der Waals surface area contributed by atoms with Crippen LogP contribution in [-0.4, -0.2) is 31.0 Å². The van der Waals surface area contributed by atoms with Gasteiger partial charge in [-0.1, -0.05) is 82.7 Å². The Labute approximate surface area is 177 Å². The number of hydrogen-bond donors (Lipinski definition) is 1. The van der Waals surface area contributed by atoms with Crippen molar-refractivity contribution in [3.05, 3.63) is 35.9 Å². The number of methoxy groups -OCH3 is 1. The molecule has 1 unspecified atom stereocenters. The van der Waals surface area contributed by atoms with Crippen molar-refractivity contribution in [2.24, 2.45) is 0 Å². The average molecular weight is 430 g/mol. The first-order chi connectivity index (χ1) is 14.2. The van der Waals surface area contributed by atoms with Crippen LogP contribution in [-0.2, 0) is 19.9 Å². The molecular weight excluding hydrogens is 395 g/mol. The first kappa shape index (κ1) is 26.1. The Morgan fingerprint density at radius 1 is 0.967 bits per heavy atom. The number of alkyl halides is 3. The summed E-state index contributed by atoms with van der Waals surface area (Å²) in [4.78, 5) is 25.3. The second kappa shape index (κ2) is 12.7. The molecule has 170 valence electrons. The van der Waals surface area contributed by atoms with Gasteiger partial charge < -0.3 is 10.1 Å². The maximum Gasteiger partial charge on any atom is 0.430 e. The molecule has 0 aliphatic rings. The van der Waals surface area contributed by atoms with Crippen molar-refractivity contribution in [1.82, 2.24) is 5.32 Å². The van der Waals surface area contributed by atoms with Crippen molar-refractivity contribution in [2.45, 2.75) is 89.5 Å². The lowest BCUT2D eigenvalue weighted by Gasteiger charge is -2.34. The van der Waals surface area contributed by atoms with Crippen LogP contribution in [0.15, 0.2) is 30.3 Å². The first-order valence-electron chi connectivity index (χ1n) is 10.8. The molecule has 7 heteroatoms. The fraction of sp³-hybridized carbons (Fsp3) is 0.652. The summed E-state index contributed by atoms with van der Waals surface area (Å²) in [5.74, 6) is -1.62. The summed E-state index contributed by atoms with van der Waals surface area (Å²) >= 11 is 0. The lowest BCUT2D eigenvalue weighted by molar-refractivity contribution is -0.266. The number of carbonyl (C=O) groups excluding carboxylic acids is 2. The quantitative estimate of drug-likeness (QED) is 0.386. The minimum atomic E-state index is -4.99. The van der Waals surface area contributed by atoms with E-state index in [0.717, 1.165) is 26.4 Å². The molecule has 2 atom stereocenters. The zero-order valence-electron chi connectivity index (χ0n) is 18.2. The summed E-state index contributed by atoms with van der Waals surface area (Å²) < 4.78 is 46.7. The predicted molar refractivity (Wildman–Crippen MR) is 111 cm³/mol. The minimum Gasteiger partial charge on any atom is -0.356 e. The number of amides is 1. The number of carbonyl (C=O) groups is 2. The van der Waals surface area contributed by atoms with Gasteiger partial charge >= 0.3 is 6.18 Å². The molecule has 0 fully saturated rings. The van der Waals surface area contributed by atoms with Crippen LogP contribution in [0.4, 0.5) is 13.2 Å². The first-order valence-corrected chi connectivity index (χ1v) is 10.8. The number of ketones is 1. The molecule has 0 aromatic heterocycles. The molecule has 1 aromatic rings. The highest BCUT2D eigenvalue weighted by Gasteiger charge is 2.62. The summed E-state index contributed by atoms with van der Waals surface area (Å²) in [7, 11) is 0.849. The molecule has 30 heavy (non-hydrogen) atoms. The van der Waals surface area contributed by atoms with Gasteiger partial charge in [0.2, 0.25) is 0 Å². The SMILES string of the molecule is CCCCCCCCCC(=O)C(CC)NC(=O)[C@](OC)(c1ccccc1)C(F)(F)F. The van der Waals surface area contributed by atoms with Crippen molar-refractivity contribution in [2.75, 3.05) is 7.11 Å². The lowest BCUT2D eigenvalue weighted by atomic mass is 9.90. The van der Waals surface area contributed by atoms with E-state index in [1.165, 1.54) is 43.5 Å².